The number of nitrogens with one attached hydrogen (secondary N) is 1. The van der Waals surface area contributed by atoms with Crippen molar-refractivity contribution < 1.29 is 22.7 Å². The van der Waals surface area contributed by atoms with Crippen molar-refractivity contribution in [2.75, 3.05) is 22.8 Å². The van der Waals surface area contributed by atoms with Gasteiger partial charge in [0.25, 0.3) is 10.0 Å². The summed E-state index contributed by atoms with van der Waals surface area (Å²) in [6.45, 7) is 3.27. The number of carbonyl (C=O) groups is 2. The molecule has 1 aliphatic rings. The fourth-order valence-corrected chi connectivity index (χ4v) is 7.02. The predicted molar refractivity (Wildman–Crippen MR) is 138 cm³/mol. The number of benzene rings is 2. The van der Waals surface area contributed by atoms with Gasteiger partial charge in [0, 0.05) is 4.88 Å². The third-order valence-corrected chi connectivity index (χ3v) is 8.97. The molecule has 1 aliphatic carbocycles. The number of anilines is 2. The largest absolute Gasteiger partial charge is 0.462 e. The van der Waals surface area contributed by atoms with Crippen LogP contribution in [0.2, 0.25) is 5.02 Å². The van der Waals surface area contributed by atoms with Crippen LogP contribution in [0.25, 0.3) is 0 Å². The van der Waals surface area contributed by atoms with E-state index in [-0.39, 0.29) is 22.2 Å². The zero-order chi connectivity index (χ0) is 25.2. The van der Waals surface area contributed by atoms with Crippen LogP contribution in [0, 0.1) is 6.92 Å². The summed E-state index contributed by atoms with van der Waals surface area (Å²) in [5.74, 6) is -1.08. The molecule has 2 aromatic carbocycles. The Morgan fingerprint density at radius 2 is 1.83 bits per heavy atom. The smallest absolute Gasteiger partial charge is 0.341 e. The summed E-state index contributed by atoms with van der Waals surface area (Å²) >= 11 is 7.67. The van der Waals surface area contributed by atoms with Gasteiger partial charge >= 0.3 is 5.97 Å². The van der Waals surface area contributed by atoms with E-state index in [2.05, 4.69) is 5.32 Å². The van der Waals surface area contributed by atoms with Crippen LogP contribution in [0.5, 0.6) is 0 Å². The van der Waals surface area contributed by atoms with Gasteiger partial charge in [-0.15, -0.1) is 11.3 Å². The highest BCUT2D eigenvalue weighted by molar-refractivity contribution is 7.92. The molecule has 0 aliphatic heterocycles. The molecule has 0 saturated carbocycles. The Kier molecular flexibility index (Phi) is 7.49. The molecule has 10 heteroatoms. The summed E-state index contributed by atoms with van der Waals surface area (Å²) in [6.07, 6.45) is 2.51. The molecule has 1 heterocycles. The van der Waals surface area contributed by atoms with Crippen LogP contribution < -0.4 is 9.62 Å². The first-order valence-electron chi connectivity index (χ1n) is 11.2. The number of ether oxygens (including phenoxy) is 1. The van der Waals surface area contributed by atoms with Gasteiger partial charge in [0.15, 0.2) is 0 Å². The van der Waals surface area contributed by atoms with Crippen LogP contribution in [-0.4, -0.2) is 33.4 Å². The van der Waals surface area contributed by atoms with Crippen LogP contribution in [-0.2, 0) is 32.4 Å². The normalized spacial score (nSPS) is 12.8. The zero-order valence-electron chi connectivity index (χ0n) is 19.3. The molecule has 0 spiro atoms. The Morgan fingerprint density at radius 1 is 1.11 bits per heavy atom. The molecule has 184 valence electrons. The molecular weight excluding hydrogens is 508 g/mol. The number of carbonyl (C=O) groups excluding carboxylic acids is 2. The minimum Gasteiger partial charge on any atom is -0.462 e. The molecule has 1 N–H and O–H groups in total. The van der Waals surface area contributed by atoms with Gasteiger partial charge in [0.2, 0.25) is 5.91 Å². The number of para-hydroxylation sites is 1. The number of hydrogen-bond donors (Lipinski definition) is 1. The van der Waals surface area contributed by atoms with Crippen molar-refractivity contribution in [1.29, 1.82) is 0 Å². The molecule has 0 atom stereocenters. The van der Waals surface area contributed by atoms with Gasteiger partial charge in [-0.2, -0.15) is 0 Å². The van der Waals surface area contributed by atoms with E-state index in [1.165, 1.54) is 23.5 Å². The highest BCUT2D eigenvalue weighted by Crippen LogP contribution is 2.39. The van der Waals surface area contributed by atoms with E-state index >= 15 is 0 Å². The number of nitrogens with zero attached hydrogens (tertiary/aromatic N) is 1. The molecule has 7 nitrogen and oxygen atoms in total. The van der Waals surface area contributed by atoms with Gasteiger partial charge < -0.3 is 10.1 Å². The molecule has 1 aromatic heterocycles. The fraction of sp³-hybridized carbons (Fsp3) is 0.280. The average Bonchev–Trinajstić information content (AvgIpc) is 3.39. The predicted octanol–water partition coefficient (Wildman–Crippen LogP) is 5.21. The third kappa shape index (κ3) is 5.22. The molecule has 0 saturated heterocycles. The maximum Gasteiger partial charge on any atom is 0.341 e. The minimum absolute atomic E-state index is 0.0399. The zero-order valence-corrected chi connectivity index (χ0v) is 21.7. The summed E-state index contributed by atoms with van der Waals surface area (Å²) < 4.78 is 33.3. The standard InChI is InChI=1S/C25H25ClN2O5S2/c1-3-33-25(30)23-18-7-6-10-21(18)34-24(23)27-22(29)15-28(20-9-5-4-8-19(20)26)35(31,32)17-13-11-16(2)12-14-17/h4-5,8-9,11-14H,3,6-7,10,15H2,1-2H3,(H,27,29). The van der Waals surface area contributed by atoms with Crippen LogP contribution in [0.1, 0.15) is 39.7 Å². The Balaban J connectivity index is 1.67. The lowest BCUT2D eigenvalue weighted by atomic mass is 10.1. The first-order chi connectivity index (χ1) is 16.7. The van der Waals surface area contributed by atoms with Gasteiger partial charge in [0.1, 0.15) is 11.5 Å². The van der Waals surface area contributed by atoms with E-state index in [0.717, 1.165) is 39.6 Å². The number of amides is 1. The van der Waals surface area contributed by atoms with E-state index in [1.54, 1.807) is 43.3 Å². The molecule has 3 aromatic rings. The van der Waals surface area contributed by atoms with Gasteiger partial charge in [-0.05, 0) is 62.9 Å². The number of hydrogen-bond acceptors (Lipinski definition) is 6. The Morgan fingerprint density at radius 3 is 2.51 bits per heavy atom. The monoisotopic (exact) mass is 532 g/mol. The summed E-state index contributed by atoms with van der Waals surface area (Å²) in [4.78, 5) is 26.9. The number of halogens is 1. The first kappa shape index (κ1) is 25.2. The van der Waals surface area contributed by atoms with Crippen molar-refractivity contribution in [3.05, 3.63) is 75.1 Å². The van der Waals surface area contributed by atoms with Gasteiger partial charge in [0.05, 0.1) is 27.8 Å². The molecule has 0 bridgehead atoms. The van der Waals surface area contributed by atoms with Crippen LogP contribution in [0.15, 0.2) is 53.4 Å². The molecule has 0 radical (unpaired) electrons. The van der Waals surface area contributed by atoms with E-state index < -0.39 is 28.4 Å². The second-order valence-corrected chi connectivity index (χ2v) is 11.5. The number of esters is 1. The Labute approximate surface area is 213 Å². The second-order valence-electron chi connectivity index (χ2n) is 8.11. The lowest BCUT2D eigenvalue weighted by Gasteiger charge is -2.25. The van der Waals surface area contributed by atoms with Crippen LogP contribution in [0.3, 0.4) is 0 Å². The third-order valence-electron chi connectivity index (χ3n) is 5.67. The van der Waals surface area contributed by atoms with E-state index in [1.807, 2.05) is 6.92 Å². The topological polar surface area (TPSA) is 92.8 Å². The highest BCUT2D eigenvalue weighted by atomic mass is 35.5. The number of fused-ring (bicyclic) bond motifs is 1. The van der Waals surface area contributed by atoms with Crippen LogP contribution in [0.4, 0.5) is 10.7 Å². The molecule has 35 heavy (non-hydrogen) atoms. The molecular formula is C25H25ClN2O5S2. The average molecular weight is 533 g/mol. The SMILES string of the molecule is CCOC(=O)c1c(NC(=O)CN(c2ccccc2Cl)S(=O)(=O)c2ccc(C)cc2)sc2c1CCC2. The van der Waals surface area contributed by atoms with Crippen molar-refractivity contribution in [2.24, 2.45) is 0 Å². The molecule has 0 fully saturated rings. The summed E-state index contributed by atoms with van der Waals surface area (Å²) in [7, 11) is -4.11. The minimum atomic E-state index is -4.11. The molecule has 0 unspecified atom stereocenters. The van der Waals surface area contributed by atoms with Gasteiger partial charge in [-0.3, -0.25) is 9.10 Å². The van der Waals surface area contributed by atoms with E-state index in [9.17, 15) is 18.0 Å². The quantitative estimate of drug-likeness (QED) is 0.402. The number of thiophene rings is 1. The lowest BCUT2D eigenvalue weighted by Crippen LogP contribution is -2.38. The number of aryl methyl sites for hydroxylation is 2. The Hall–Kier alpha value is -2.88. The fourth-order valence-electron chi connectivity index (χ4n) is 4.00. The molecule has 1 amide bonds. The van der Waals surface area contributed by atoms with Gasteiger partial charge in [-0.25, -0.2) is 13.2 Å². The highest BCUT2D eigenvalue weighted by Gasteiger charge is 2.31. The maximum absolute atomic E-state index is 13.6. The second kappa shape index (κ2) is 10.4. The van der Waals surface area contributed by atoms with Crippen molar-refractivity contribution in [1.82, 2.24) is 0 Å². The number of rotatable bonds is 8. The van der Waals surface area contributed by atoms with Gasteiger partial charge in [-0.1, -0.05) is 41.4 Å². The lowest BCUT2D eigenvalue weighted by molar-refractivity contribution is -0.114. The van der Waals surface area contributed by atoms with Crippen molar-refractivity contribution in [3.63, 3.8) is 0 Å². The maximum atomic E-state index is 13.6. The van der Waals surface area contributed by atoms with Crippen LogP contribution >= 0.6 is 22.9 Å². The number of sulfonamides is 1. The van der Waals surface area contributed by atoms with Crippen molar-refractivity contribution >= 4 is 55.5 Å². The Bertz CT molecular complexity index is 1370. The summed E-state index contributed by atoms with van der Waals surface area (Å²) in [5, 5.41) is 3.33. The summed E-state index contributed by atoms with van der Waals surface area (Å²) in [6, 6.07) is 12.8. The summed E-state index contributed by atoms with van der Waals surface area (Å²) in [5.41, 5.74) is 2.36. The van der Waals surface area contributed by atoms with Crippen molar-refractivity contribution in [3.8, 4) is 0 Å². The van der Waals surface area contributed by atoms with Crippen molar-refractivity contribution in [2.45, 2.75) is 38.0 Å². The van der Waals surface area contributed by atoms with E-state index in [0.29, 0.717) is 10.6 Å². The first-order valence-corrected chi connectivity index (χ1v) is 13.8. The van der Waals surface area contributed by atoms with E-state index in [4.69, 9.17) is 16.3 Å². The molecule has 4 rings (SSSR count).